The first-order valence-electron chi connectivity index (χ1n) is 8.47. The van der Waals surface area contributed by atoms with Crippen LogP contribution in [-0.4, -0.2) is 27.0 Å². The van der Waals surface area contributed by atoms with Gasteiger partial charge in [0.15, 0.2) is 0 Å². The van der Waals surface area contributed by atoms with Crippen LogP contribution in [0.25, 0.3) is 0 Å². The number of hydrogen-bond acceptors (Lipinski definition) is 2. The predicted molar refractivity (Wildman–Crippen MR) is 129 cm³/mol. The number of hydrogen-bond donors (Lipinski definition) is 0. The standard InChI is InChI=1S/4C5H5.C2H2N.2CHO.4CO.ClH.4Fe/c4*1-2-4-5-3-1;1-3-2;6*1-2;;;;;/h4*1-5H;1-2H;2*1H;;;;;1H;;;;/q;;;;3*-1;;;;;;;;2*+2/p-1. The van der Waals surface area contributed by atoms with Crippen molar-refractivity contribution in [2.75, 3.05) is 0 Å². The average molecular weight is 729 g/mol. The third-order valence-corrected chi connectivity index (χ3v) is 2.22. The van der Waals surface area contributed by atoms with Crippen molar-refractivity contribution in [1.82, 2.24) is 4.67 Å². The maximum absolute atomic E-state index is 7.75. The fourth-order valence-corrected chi connectivity index (χ4v) is 1.28. The molecule has 7 nitrogen and oxygen atoms in total. The van der Waals surface area contributed by atoms with Crippen LogP contribution in [0.15, 0.2) is 0 Å². The number of carbonyl (C=O) groups excluding carboxylic acids is 2. The van der Waals surface area contributed by atoms with Gasteiger partial charge in [0, 0.05) is 34.1 Å². The van der Waals surface area contributed by atoms with Crippen molar-refractivity contribution in [2.24, 2.45) is 0 Å². The Bertz CT molecular complexity index is 339. The van der Waals surface area contributed by atoms with Gasteiger partial charge in [0.25, 0.3) is 0 Å². The van der Waals surface area contributed by atoms with Crippen molar-refractivity contribution in [3.05, 3.63) is 155 Å². The van der Waals surface area contributed by atoms with E-state index in [9.17, 15) is 0 Å². The molecular formula is C28H24ClFe4NO6. The summed E-state index contributed by atoms with van der Waals surface area (Å²) in [4.78, 5) is 15.5. The second-order valence-electron chi connectivity index (χ2n) is 4.00. The minimum Gasteiger partial charge on any atom is -1.00 e. The second kappa shape index (κ2) is 127. The third-order valence-electron chi connectivity index (χ3n) is 2.22. The van der Waals surface area contributed by atoms with Gasteiger partial charge >= 0.3 is 79.3 Å². The maximum atomic E-state index is 7.75. The molecule has 20 radical (unpaired) electrons. The minimum atomic E-state index is 0. The Hall–Kier alpha value is 0.118. The minimum absolute atomic E-state index is 0. The Morgan fingerprint density at radius 3 is 0.400 bits per heavy atom. The first-order valence-corrected chi connectivity index (χ1v) is 8.47. The summed E-state index contributed by atoms with van der Waals surface area (Å²) in [5.41, 5.74) is 0. The number of nitrogens with zero attached hydrogens (tertiary/aromatic N) is 1. The van der Waals surface area contributed by atoms with Gasteiger partial charge in [-0.15, -0.1) is 13.4 Å². The van der Waals surface area contributed by atoms with Crippen molar-refractivity contribution in [3.8, 4) is 0 Å². The van der Waals surface area contributed by atoms with E-state index in [1.165, 1.54) is 0 Å². The van der Waals surface area contributed by atoms with Crippen LogP contribution in [0, 0.1) is 155 Å². The molecule has 0 amide bonds. The van der Waals surface area contributed by atoms with Gasteiger partial charge in [-0.05, 0) is 128 Å². The van der Waals surface area contributed by atoms with Gasteiger partial charge in [0.1, 0.15) is 0 Å². The van der Waals surface area contributed by atoms with Crippen LogP contribution in [0.1, 0.15) is 0 Å². The Kier molecular flexibility index (Phi) is 247. The zero-order valence-electron chi connectivity index (χ0n) is 20.5. The van der Waals surface area contributed by atoms with Gasteiger partial charge < -0.3 is 26.7 Å². The van der Waals surface area contributed by atoms with E-state index in [4.69, 9.17) is 28.2 Å². The summed E-state index contributed by atoms with van der Waals surface area (Å²) in [6.45, 7) is 33.0. The molecule has 40 heavy (non-hydrogen) atoms. The molecule has 0 aliphatic heterocycles. The SMILES string of the molecule is [C-]#[O+].[C-]#[O+].[C-]#[O+].[C-]#[O+].[CH-]=O.[CH-]=O.[CH-]=[N+]=[CH-].[CH]1[CH][CH][CH][CH]1.[CH]1[CH][CH][CH][CH]1.[CH]1[CH][CH][CH][CH]1.[CH]1[CH][CH][CH][CH]1.[Cl-].[Fe+2].[Fe+2].[Fe].[Fe]. The molecule has 216 valence electrons. The second-order valence-corrected chi connectivity index (χ2v) is 4.00. The molecule has 0 aromatic heterocycles. The van der Waals surface area contributed by atoms with Gasteiger partial charge in [-0.2, -0.15) is 0 Å². The van der Waals surface area contributed by atoms with E-state index in [-0.39, 0.29) is 80.7 Å². The zero-order chi connectivity index (χ0) is 28.8. The average Bonchev–Trinajstić information content (AvgIpc) is 3.83. The van der Waals surface area contributed by atoms with Crippen LogP contribution in [0.3, 0.4) is 0 Å². The first kappa shape index (κ1) is 77.6. The fraction of sp³-hybridized carbons (Fsp3) is 0. The maximum Gasteiger partial charge on any atom is 2.00 e. The van der Waals surface area contributed by atoms with Crippen LogP contribution in [0.4, 0.5) is 0 Å². The molecule has 12 heteroatoms. The summed E-state index contributed by atoms with van der Waals surface area (Å²) in [6.07, 6.45) is 40.0. The monoisotopic (exact) mass is 729 g/mol. The van der Waals surface area contributed by atoms with E-state index >= 15 is 0 Å². The van der Waals surface area contributed by atoms with Gasteiger partial charge in [-0.3, -0.25) is 13.6 Å². The van der Waals surface area contributed by atoms with E-state index in [0.717, 1.165) is 0 Å². The summed E-state index contributed by atoms with van der Waals surface area (Å²) >= 11 is 0. The van der Waals surface area contributed by atoms with Crippen molar-refractivity contribution < 1.29 is 109 Å². The Balaban J connectivity index is -0.0000000219. The Morgan fingerprint density at radius 2 is 0.375 bits per heavy atom. The van der Waals surface area contributed by atoms with Crippen molar-refractivity contribution in [1.29, 1.82) is 0 Å². The summed E-state index contributed by atoms with van der Waals surface area (Å²) in [5, 5.41) is 0. The van der Waals surface area contributed by atoms with Crippen LogP contribution in [-0.2, 0) is 96.5 Å². The van der Waals surface area contributed by atoms with E-state index in [0.29, 0.717) is 0 Å². The molecule has 0 unspecified atom stereocenters. The molecule has 0 aromatic carbocycles. The van der Waals surface area contributed by atoms with Crippen LogP contribution >= 0.6 is 0 Å². The summed E-state index contributed by atoms with van der Waals surface area (Å²) in [5.74, 6) is 0. The van der Waals surface area contributed by atoms with Crippen molar-refractivity contribution in [2.45, 2.75) is 0 Å². The van der Waals surface area contributed by atoms with Gasteiger partial charge in [-0.1, -0.05) is 0 Å². The van der Waals surface area contributed by atoms with Crippen LogP contribution in [0.5, 0.6) is 0 Å². The molecule has 4 fully saturated rings. The molecule has 0 bridgehead atoms. The van der Waals surface area contributed by atoms with E-state index in [2.05, 4.69) is 58.3 Å². The van der Waals surface area contributed by atoms with Gasteiger partial charge in [0.2, 0.25) is 0 Å². The van der Waals surface area contributed by atoms with Gasteiger partial charge in [0.05, 0.1) is 0 Å². The predicted octanol–water partition coefficient (Wildman–Crippen LogP) is -0.410. The van der Waals surface area contributed by atoms with Crippen LogP contribution < -0.4 is 17.1 Å². The molecule has 4 aliphatic carbocycles. The molecule has 0 spiro atoms. The van der Waals surface area contributed by atoms with Crippen molar-refractivity contribution >= 4 is 27.0 Å². The summed E-state index contributed by atoms with van der Waals surface area (Å²) in [7, 11) is 0. The number of rotatable bonds is 0. The molecular weight excluding hydrogens is 705 g/mol. The quantitative estimate of drug-likeness (QED) is 0.0840. The van der Waals surface area contributed by atoms with E-state index in [1.54, 1.807) is 0 Å². The summed E-state index contributed by atoms with van der Waals surface area (Å²) in [6, 6.07) is 0. The molecule has 0 N–H and O–H groups in total. The normalized spacial score (nSPS) is 12.6. The summed E-state index contributed by atoms with van der Waals surface area (Å²) < 4.78 is 32.5. The smallest absolute Gasteiger partial charge is 1.00 e. The Morgan fingerprint density at radius 1 is 0.350 bits per heavy atom. The van der Waals surface area contributed by atoms with E-state index < -0.39 is 0 Å². The molecule has 4 aliphatic rings. The molecule has 0 heterocycles. The molecule has 0 saturated heterocycles. The largest absolute Gasteiger partial charge is 2.00 e. The topological polar surface area (TPSA) is 128 Å². The molecule has 0 atom stereocenters. The first-order chi connectivity index (χ1) is 17.4. The third kappa shape index (κ3) is 130. The van der Waals surface area contributed by atoms with Crippen LogP contribution in [0.2, 0.25) is 0 Å². The molecule has 4 saturated carbocycles. The zero-order valence-corrected chi connectivity index (χ0v) is 25.7. The number of halogens is 1. The van der Waals surface area contributed by atoms with E-state index in [1.807, 2.05) is 128 Å². The fourth-order valence-electron chi connectivity index (χ4n) is 1.28. The Labute approximate surface area is 293 Å². The van der Waals surface area contributed by atoms with Gasteiger partial charge in [-0.25, -0.2) is 0 Å². The molecule has 0 aromatic rings. The van der Waals surface area contributed by atoms with Crippen molar-refractivity contribution in [3.63, 3.8) is 0 Å². The molecule has 4 rings (SSSR count).